The monoisotopic (exact) mass is 237 g/mol. The Kier molecular flexibility index (Phi) is 4.30. The number of carbonyl (C=O) groups is 1. The molecule has 90 valence electrons. The van der Waals surface area contributed by atoms with Gasteiger partial charge in [0, 0.05) is 5.54 Å². The van der Waals surface area contributed by atoms with Gasteiger partial charge in [0.1, 0.15) is 6.54 Å². The fraction of sp³-hybridized carbons (Fsp3) is 0.889. The molecule has 0 amide bonds. The second-order valence-electron chi connectivity index (χ2n) is 4.66. The largest absolute Gasteiger partial charge is 0.480 e. The average molecular weight is 237 g/mol. The van der Waals surface area contributed by atoms with Gasteiger partial charge in [-0.1, -0.05) is 0 Å². The van der Waals surface area contributed by atoms with Crippen molar-refractivity contribution in [2.75, 3.05) is 6.54 Å². The number of hydrogen-bond donors (Lipinski definition) is 1. The van der Waals surface area contributed by atoms with Crippen LogP contribution in [0, 0.1) is 0 Å². The summed E-state index contributed by atoms with van der Waals surface area (Å²) in [6.07, 6.45) is 0. The van der Waals surface area contributed by atoms with E-state index in [0.29, 0.717) is 0 Å². The van der Waals surface area contributed by atoms with Gasteiger partial charge in [0.2, 0.25) is 10.0 Å². The number of sulfonamides is 1. The summed E-state index contributed by atoms with van der Waals surface area (Å²) in [5, 5.41) is 8.07. The summed E-state index contributed by atoms with van der Waals surface area (Å²) in [5.74, 6) is -1.14. The topological polar surface area (TPSA) is 74.7 Å². The van der Waals surface area contributed by atoms with Crippen LogP contribution >= 0.6 is 0 Å². The third-order valence-electron chi connectivity index (χ3n) is 1.93. The van der Waals surface area contributed by atoms with Gasteiger partial charge in [0.05, 0.1) is 5.25 Å². The molecular weight excluding hydrogens is 218 g/mol. The van der Waals surface area contributed by atoms with E-state index in [4.69, 9.17) is 5.11 Å². The van der Waals surface area contributed by atoms with Crippen LogP contribution in [0.1, 0.15) is 34.6 Å². The number of rotatable bonds is 4. The molecule has 0 aromatic carbocycles. The fourth-order valence-corrected chi connectivity index (χ4v) is 2.65. The van der Waals surface area contributed by atoms with Crippen molar-refractivity contribution in [1.82, 2.24) is 4.31 Å². The lowest BCUT2D eigenvalue weighted by Crippen LogP contribution is -2.50. The fourth-order valence-electron chi connectivity index (χ4n) is 1.09. The standard InChI is InChI=1S/C9H19NO4S/c1-7(2)15(13,14)10(6-8(11)12)9(3,4)5/h7H,6H2,1-5H3,(H,11,12). The summed E-state index contributed by atoms with van der Waals surface area (Å²) in [6, 6.07) is 0. The van der Waals surface area contributed by atoms with Crippen LogP contribution in [0.3, 0.4) is 0 Å². The Morgan fingerprint density at radius 1 is 1.33 bits per heavy atom. The first-order chi connectivity index (χ1) is 6.49. The van der Waals surface area contributed by atoms with Gasteiger partial charge in [-0.15, -0.1) is 0 Å². The van der Waals surface area contributed by atoms with Gasteiger partial charge in [-0.2, -0.15) is 4.31 Å². The molecule has 0 spiro atoms. The number of aliphatic carboxylic acids is 1. The molecule has 6 heteroatoms. The quantitative estimate of drug-likeness (QED) is 0.788. The van der Waals surface area contributed by atoms with Crippen LogP contribution in [0.2, 0.25) is 0 Å². The van der Waals surface area contributed by atoms with Crippen molar-refractivity contribution in [2.45, 2.75) is 45.4 Å². The zero-order valence-electron chi connectivity index (χ0n) is 9.81. The van der Waals surface area contributed by atoms with Crippen molar-refractivity contribution in [3.63, 3.8) is 0 Å². The summed E-state index contributed by atoms with van der Waals surface area (Å²) in [4.78, 5) is 10.6. The van der Waals surface area contributed by atoms with Crippen LogP contribution in [0.15, 0.2) is 0 Å². The molecule has 0 fully saturated rings. The van der Waals surface area contributed by atoms with E-state index in [1.54, 1.807) is 20.8 Å². The maximum atomic E-state index is 11.9. The van der Waals surface area contributed by atoms with Crippen LogP contribution in [0.25, 0.3) is 0 Å². The number of carboxylic acids is 1. The molecule has 15 heavy (non-hydrogen) atoms. The second kappa shape index (κ2) is 4.49. The van der Waals surface area contributed by atoms with Crippen LogP contribution < -0.4 is 0 Å². The molecule has 0 saturated carbocycles. The van der Waals surface area contributed by atoms with E-state index in [0.717, 1.165) is 4.31 Å². The Labute approximate surface area is 91.1 Å². The van der Waals surface area contributed by atoms with Crippen LogP contribution in [-0.4, -0.2) is 41.1 Å². The molecule has 0 rings (SSSR count). The van der Waals surface area contributed by atoms with Gasteiger partial charge in [0.15, 0.2) is 0 Å². The van der Waals surface area contributed by atoms with E-state index < -0.39 is 33.3 Å². The van der Waals surface area contributed by atoms with E-state index in [1.807, 2.05) is 0 Å². The summed E-state index contributed by atoms with van der Waals surface area (Å²) < 4.78 is 24.8. The summed E-state index contributed by atoms with van der Waals surface area (Å²) in [6.45, 7) is 7.61. The van der Waals surface area contributed by atoms with E-state index in [9.17, 15) is 13.2 Å². The maximum Gasteiger partial charge on any atom is 0.318 e. The molecule has 0 atom stereocenters. The molecule has 0 saturated heterocycles. The molecular formula is C9H19NO4S. The summed E-state index contributed by atoms with van der Waals surface area (Å²) >= 11 is 0. The van der Waals surface area contributed by atoms with Crippen molar-refractivity contribution in [3.05, 3.63) is 0 Å². The first-order valence-corrected chi connectivity index (χ1v) is 6.23. The highest BCUT2D eigenvalue weighted by Crippen LogP contribution is 2.20. The first kappa shape index (κ1) is 14.4. The molecule has 0 aromatic heterocycles. The lowest BCUT2D eigenvalue weighted by molar-refractivity contribution is -0.138. The Morgan fingerprint density at radius 3 is 1.93 bits per heavy atom. The Morgan fingerprint density at radius 2 is 1.73 bits per heavy atom. The van der Waals surface area contributed by atoms with E-state index >= 15 is 0 Å². The third-order valence-corrected chi connectivity index (χ3v) is 4.41. The lowest BCUT2D eigenvalue weighted by atomic mass is 10.1. The number of carboxylic acid groups (broad SMARTS) is 1. The maximum absolute atomic E-state index is 11.9. The first-order valence-electron chi connectivity index (χ1n) is 4.73. The van der Waals surface area contributed by atoms with E-state index in [-0.39, 0.29) is 0 Å². The predicted octanol–water partition coefficient (Wildman–Crippen LogP) is 0.910. The van der Waals surface area contributed by atoms with Gasteiger partial charge >= 0.3 is 5.97 Å². The zero-order chi connectivity index (χ0) is 12.4. The Balaban J connectivity index is 5.23. The molecule has 5 nitrogen and oxygen atoms in total. The van der Waals surface area contributed by atoms with Gasteiger partial charge in [0.25, 0.3) is 0 Å². The molecule has 1 N–H and O–H groups in total. The highest BCUT2D eigenvalue weighted by atomic mass is 32.2. The SMILES string of the molecule is CC(C)S(=O)(=O)N(CC(=O)O)C(C)(C)C. The van der Waals surface area contributed by atoms with Gasteiger partial charge < -0.3 is 5.11 Å². The highest BCUT2D eigenvalue weighted by molar-refractivity contribution is 7.89. The number of nitrogens with zero attached hydrogens (tertiary/aromatic N) is 1. The lowest BCUT2D eigenvalue weighted by Gasteiger charge is -2.34. The Hall–Kier alpha value is -0.620. The van der Waals surface area contributed by atoms with E-state index in [1.165, 1.54) is 13.8 Å². The normalized spacial score (nSPS) is 13.5. The molecule has 0 heterocycles. The Bertz CT molecular complexity index is 327. The predicted molar refractivity (Wildman–Crippen MR) is 58.2 cm³/mol. The molecule has 0 aliphatic rings. The molecule has 0 unspecified atom stereocenters. The van der Waals surface area contributed by atoms with Gasteiger partial charge in [-0.25, -0.2) is 8.42 Å². The molecule has 0 aliphatic heterocycles. The van der Waals surface area contributed by atoms with Gasteiger partial charge in [-0.05, 0) is 34.6 Å². The molecule has 0 aliphatic carbocycles. The molecule has 0 bridgehead atoms. The zero-order valence-corrected chi connectivity index (χ0v) is 10.6. The third kappa shape index (κ3) is 3.79. The summed E-state index contributed by atoms with van der Waals surface area (Å²) in [5.41, 5.74) is -0.721. The minimum absolute atomic E-state index is 0.496. The van der Waals surface area contributed by atoms with Crippen LogP contribution in [0.4, 0.5) is 0 Å². The number of hydrogen-bond acceptors (Lipinski definition) is 3. The molecule has 0 radical (unpaired) electrons. The minimum atomic E-state index is -3.54. The van der Waals surface area contributed by atoms with Crippen molar-refractivity contribution in [3.8, 4) is 0 Å². The minimum Gasteiger partial charge on any atom is -0.480 e. The second-order valence-corrected chi connectivity index (χ2v) is 7.08. The smallest absolute Gasteiger partial charge is 0.318 e. The van der Waals surface area contributed by atoms with Gasteiger partial charge in [-0.3, -0.25) is 4.79 Å². The van der Waals surface area contributed by atoms with Crippen LogP contribution in [-0.2, 0) is 14.8 Å². The molecule has 0 aromatic rings. The van der Waals surface area contributed by atoms with E-state index in [2.05, 4.69) is 0 Å². The van der Waals surface area contributed by atoms with Crippen molar-refractivity contribution in [2.24, 2.45) is 0 Å². The van der Waals surface area contributed by atoms with Crippen molar-refractivity contribution >= 4 is 16.0 Å². The van der Waals surface area contributed by atoms with Crippen LogP contribution in [0.5, 0.6) is 0 Å². The summed E-state index contributed by atoms with van der Waals surface area (Å²) in [7, 11) is -3.54. The average Bonchev–Trinajstić information content (AvgIpc) is 1.97. The van der Waals surface area contributed by atoms with Crippen molar-refractivity contribution in [1.29, 1.82) is 0 Å². The van der Waals surface area contributed by atoms with Crippen molar-refractivity contribution < 1.29 is 18.3 Å². The highest BCUT2D eigenvalue weighted by Gasteiger charge is 2.36.